The molecule has 0 saturated heterocycles. The quantitative estimate of drug-likeness (QED) is 0.743. The molecule has 0 fully saturated rings. The number of aryl methyl sites for hydroxylation is 1. The first kappa shape index (κ1) is 15.2. The first-order valence-electron chi connectivity index (χ1n) is 6.94. The van der Waals surface area contributed by atoms with Gasteiger partial charge in [0.1, 0.15) is 0 Å². The van der Waals surface area contributed by atoms with Crippen LogP contribution in [-0.2, 0) is 11.3 Å². The molecule has 118 valence electrons. The molecule has 0 saturated carbocycles. The Balaban J connectivity index is 1.82. The van der Waals surface area contributed by atoms with E-state index in [2.05, 4.69) is 15.4 Å². The van der Waals surface area contributed by atoms with Crippen LogP contribution in [0.2, 0.25) is 0 Å². The second kappa shape index (κ2) is 6.17. The van der Waals surface area contributed by atoms with Crippen molar-refractivity contribution in [2.45, 2.75) is 13.5 Å². The Bertz CT molecular complexity index is 884. The molecule has 23 heavy (non-hydrogen) atoms. The van der Waals surface area contributed by atoms with Gasteiger partial charge in [-0.1, -0.05) is 11.3 Å². The highest BCUT2D eigenvalue weighted by molar-refractivity contribution is 7.22. The second-order valence-electron chi connectivity index (χ2n) is 4.70. The number of carbonyl (C=O) groups excluding carboxylic acids is 2. The zero-order valence-corrected chi connectivity index (χ0v) is 13.4. The van der Waals surface area contributed by atoms with E-state index in [1.807, 2.05) is 6.92 Å². The number of aromatic nitrogens is 3. The Morgan fingerprint density at radius 2 is 2.17 bits per heavy atom. The summed E-state index contributed by atoms with van der Waals surface area (Å²) in [6.45, 7) is 2.64. The van der Waals surface area contributed by atoms with Crippen LogP contribution in [0.4, 0.5) is 5.13 Å². The second-order valence-corrected chi connectivity index (χ2v) is 5.73. The van der Waals surface area contributed by atoms with Gasteiger partial charge < -0.3 is 4.74 Å². The number of hydrogen-bond acceptors (Lipinski definition) is 6. The number of methoxy groups -OCH3 is 1. The predicted molar refractivity (Wildman–Crippen MR) is 86.8 cm³/mol. The zero-order valence-electron chi connectivity index (χ0n) is 12.6. The molecule has 1 N–H and O–H groups in total. The van der Waals surface area contributed by atoms with Gasteiger partial charge in [-0.2, -0.15) is 5.10 Å². The monoisotopic (exact) mass is 330 g/mol. The molecule has 0 bridgehead atoms. The fourth-order valence-corrected chi connectivity index (χ4v) is 2.94. The van der Waals surface area contributed by atoms with Crippen molar-refractivity contribution >= 4 is 38.6 Å². The van der Waals surface area contributed by atoms with Gasteiger partial charge in [-0.25, -0.2) is 9.78 Å². The van der Waals surface area contributed by atoms with Gasteiger partial charge >= 0.3 is 5.97 Å². The van der Waals surface area contributed by atoms with E-state index in [1.165, 1.54) is 18.4 Å². The van der Waals surface area contributed by atoms with Crippen LogP contribution in [0.25, 0.3) is 10.2 Å². The number of carbonyl (C=O) groups is 2. The molecule has 0 atom stereocenters. The van der Waals surface area contributed by atoms with E-state index < -0.39 is 5.97 Å². The molecule has 3 rings (SSSR count). The fraction of sp³-hybridized carbons (Fsp3) is 0.200. The smallest absolute Gasteiger partial charge is 0.337 e. The number of benzene rings is 1. The van der Waals surface area contributed by atoms with E-state index in [1.54, 1.807) is 35.1 Å². The summed E-state index contributed by atoms with van der Waals surface area (Å²) < 4.78 is 7.16. The Kier molecular flexibility index (Phi) is 4.07. The highest BCUT2D eigenvalue weighted by atomic mass is 32.1. The number of rotatable bonds is 4. The van der Waals surface area contributed by atoms with Crippen molar-refractivity contribution in [3.05, 3.63) is 41.7 Å². The Labute approximate surface area is 135 Å². The molecular formula is C15H14N4O3S. The summed E-state index contributed by atoms with van der Waals surface area (Å²) in [5.74, 6) is -0.722. The van der Waals surface area contributed by atoms with Gasteiger partial charge in [0.25, 0.3) is 5.91 Å². The van der Waals surface area contributed by atoms with Gasteiger partial charge in [-0.15, -0.1) is 0 Å². The molecule has 0 spiro atoms. The molecule has 1 aromatic carbocycles. The lowest BCUT2D eigenvalue weighted by molar-refractivity contribution is 0.0601. The van der Waals surface area contributed by atoms with Gasteiger partial charge in [-0.05, 0) is 31.2 Å². The number of thiazole rings is 1. The maximum absolute atomic E-state index is 12.1. The normalized spacial score (nSPS) is 10.7. The van der Waals surface area contributed by atoms with Crippen molar-refractivity contribution < 1.29 is 14.3 Å². The van der Waals surface area contributed by atoms with Crippen LogP contribution in [0.5, 0.6) is 0 Å². The van der Waals surface area contributed by atoms with Gasteiger partial charge in [0.2, 0.25) is 0 Å². The lowest BCUT2D eigenvalue weighted by Crippen LogP contribution is -2.13. The molecule has 8 heteroatoms. The maximum Gasteiger partial charge on any atom is 0.337 e. The molecule has 0 aliphatic heterocycles. The van der Waals surface area contributed by atoms with Crippen LogP contribution in [-0.4, -0.2) is 33.8 Å². The summed E-state index contributed by atoms with van der Waals surface area (Å²) in [4.78, 5) is 28.0. The van der Waals surface area contributed by atoms with Crippen molar-refractivity contribution in [1.82, 2.24) is 14.8 Å². The number of fused-ring (bicyclic) bond motifs is 1. The van der Waals surface area contributed by atoms with Crippen LogP contribution < -0.4 is 5.32 Å². The third kappa shape index (κ3) is 3.07. The fourth-order valence-electron chi connectivity index (χ4n) is 2.04. The molecular weight excluding hydrogens is 316 g/mol. The minimum atomic E-state index is -0.406. The van der Waals surface area contributed by atoms with Gasteiger partial charge in [-0.3, -0.25) is 14.8 Å². The number of amides is 1. The first-order valence-corrected chi connectivity index (χ1v) is 7.76. The van der Waals surface area contributed by atoms with Crippen LogP contribution >= 0.6 is 11.3 Å². The summed E-state index contributed by atoms with van der Waals surface area (Å²) in [6.07, 6.45) is 1.75. The third-order valence-electron chi connectivity index (χ3n) is 3.23. The number of esters is 1. The highest BCUT2D eigenvalue weighted by Crippen LogP contribution is 2.27. The van der Waals surface area contributed by atoms with Crippen molar-refractivity contribution in [3.8, 4) is 0 Å². The van der Waals surface area contributed by atoms with Crippen molar-refractivity contribution in [2.24, 2.45) is 0 Å². The van der Waals surface area contributed by atoms with E-state index >= 15 is 0 Å². The summed E-state index contributed by atoms with van der Waals surface area (Å²) in [5.41, 5.74) is 1.49. The minimum absolute atomic E-state index is 0.315. The molecule has 3 aromatic rings. The Morgan fingerprint density at radius 1 is 1.35 bits per heavy atom. The Morgan fingerprint density at radius 3 is 2.87 bits per heavy atom. The molecule has 0 unspecified atom stereocenters. The average molecular weight is 330 g/mol. The summed E-state index contributed by atoms with van der Waals surface area (Å²) >= 11 is 1.29. The van der Waals surface area contributed by atoms with Crippen LogP contribution in [0.3, 0.4) is 0 Å². The van der Waals surface area contributed by atoms with Gasteiger partial charge in [0, 0.05) is 12.7 Å². The molecule has 0 radical (unpaired) electrons. The first-order chi connectivity index (χ1) is 11.1. The topological polar surface area (TPSA) is 86.1 Å². The highest BCUT2D eigenvalue weighted by Gasteiger charge is 2.14. The number of nitrogens with one attached hydrogen (secondary N) is 1. The largest absolute Gasteiger partial charge is 0.465 e. The SMILES string of the molecule is CCn1ccc(C(=O)Nc2nc3ccc(C(=O)OC)cc3s2)n1. The summed E-state index contributed by atoms with van der Waals surface area (Å²) in [5, 5.41) is 7.33. The van der Waals surface area contributed by atoms with E-state index in [4.69, 9.17) is 4.74 Å². The minimum Gasteiger partial charge on any atom is -0.465 e. The van der Waals surface area contributed by atoms with Gasteiger partial charge in [0.05, 0.1) is 22.9 Å². The van der Waals surface area contributed by atoms with E-state index in [-0.39, 0.29) is 5.91 Å². The number of anilines is 1. The van der Waals surface area contributed by atoms with E-state index in [9.17, 15) is 9.59 Å². The third-order valence-corrected chi connectivity index (χ3v) is 4.16. The van der Waals surface area contributed by atoms with Crippen LogP contribution in [0.15, 0.2) is 30.5 Å². The van der Waals surface area contributed by atoms with Crippen molar-refractivity contribution in [2.75, 3.05) is 12.4 Å². The van der Waals surface area contributed by atoms with Crippen LogP contribution in [0, 0.1) is 0 Å². The average Bonchev–Trinajstić information content (AvgIpc) is 3.19. The Hall–Kier alpha value is -2.74. The summed E-state index contributed by atoms with van der Waals surface area (Å²) in [6, 6.07) is 6.71. The van der Waals surface area contributed by atoms with E-state index in [0.717, 1.165) is 4.70 Å². The maximum atomic E-state index is 12.1. The number of hydrogen-bond donors (Lipinski definition) is 1. The summed E-state index contributed by atoms with van der Waals surface area (Å²) in [7, 11) is 1.33. The standard InChI is InChI=1S/C15H14N4O3S/c1-3-19-7-6-11(18-19)13(20)17-15-16-10-5-4-9(14(21)22-2)8-12(10)23-15/h4-8H,3H2,1-2H3,(H,16,17,20). The van der Waals surface area contributed by atoms with Crippen LogP contribution in [0.1, 0.15) is 27.8 Å². The molecule has 0 aliphatic carbocycles. The zero-order chi connectivity index (χ0) is 16.4. The lowest BCUT2D eigenvalue weighted by Gasteiger charge is -1.97. The number of ether oxygens (including phenoxy) is 1. The lowest BCUT2D eigenvalue weighted by atomic mass is 10.2. The van der Waals surface area contributed by atoms with Crippen molar-refractivity contribution in [1.29, 1.82) is 0 Å². The molecule has 2 heterocycles. The number of nitrogens with zero attached hydrogens (tertiary/aromatic N) is 3. The molecule has 0 aliphatic rings. The molecule has 1 amide bonds. The van der Waals surface area contributed by atoms with E-state index in [0.29, 0.717) is 28.5 Å². The predicted octanol–water partition coefficient (Wildman–Crippen LogP) is 2.55. The van der Waals surface area contributed by atoms with Gasteiger partial charge in [0.15, 0.2) is 10.8 Å². The van der Waals surface area contributed by atoms with Crippen molar-refractivity contribution in [3.63, 3.8) is 0 Å². The molecule has 2 aromatic heterocycles. The molecule has 7 nitrogen and oxygen atoms in total.